The number of piperidine rings is 1. The summed E-state index contributed by atoms with van der Waals surface area (Å²) in [7, 11) is 0. The first-order valence-corrected chi connectivity index (χ1v) is 9.49. The third-order valence-corrected chi connectivity index (χ3v) is 5.22. The Morgan fingerprint density at radius 3 is 2.56 bits per heavy atom. The molecule has 0 aliphatic carbocycles. The summed E-state index contributed by atoms with van der Waals surface area (Å²) in [6, 6.07) is 11.2. The zero-order chi connectivity index (χ0) is 17.6. The molecule has 2 heterocycles. The van der Waals surface area contributed by atoms with Crippen LogP contribution in [0.1, 0.15) is 28.8 Å². The Kier molecular flexibility index (Phi) is 5.83. The highest BCUT2D eigenvalue weighted by Gasteiger charge is 2.27. The van der Waals surface area contributed by atoms with Crippen molar-refractivity contribution in [2.75, 3.05) is 13.1 Å². The lowest BCUT2D eigenvalue weighted by Crippen LogP contribution is -2.51. The van der Waals surface area contributed by atoms with Crippen LogP contribution in [0.3, 0.4) is 0 Å². The lowest BCUT2D eigenvalue weighted by molar-refractivity contribution is -0.133. The lowest BCUT2D eigenvalue weighted by atomic mass is 10.0. The molecule has 1 aromatic carbocycles. The molecule has 0 unspecified atom stereocenters. The van der Waals surface area contributed by atoms with E-state index in [2.05, 4.69) is 5.32 Å². The average molecular weight is 357 g/mol. The number of likely N-dealkylation sites (tertiary alicyclic amines) is 1. The van der Waals surface area contributed by atoms with Crippen LogP contribution in [-0.4, -0.2) is 41.9 Å². The number of benzene rings is 1. The molecule has 1 saturated heterocycles. The maximum absolute atomic E-state index is 12.5. The van der Waals surface area contributed by atoms with Crippen LogP contribution in [0.5, 0.6) is 0 Å². The van der Waals surface area contributed by atoms with E-state index in [1.54, 1.807) is 0 Å². The number of amides is 2. The second-order valence-corrected chi connectivity index (χ2v) is 7.16. The lowest BCUT2D eigenvalue weighted by Gasteiger charge is -2.33. The van der Waals surface area contributed by atoms with Crippen LogP contribution >= 0.6 is 11.3 Å². The fourth-order valence-corrected chi connectivity index (χ4v) is 3.73. The number of hydrogen-bond donors (Lipinski definition) is 2. The monoisotopic (exact) mass is 357 g/mol. The summed E-state index contributed by atoms with van der Waals surface area (Å²) in [6.45, 7) is 1.27. The third kappa shape index (κ3) is 4.67. The molecule has 3 rings (SSSR count). The van der Waals surface area contributed by atoms with Gasteiger partial charge in [-0.05, 0) is 36.3 Å². The van der Waals surface area contributed by atoms with E-state index in [1.807, 2.05) is 52.1 Å². The van der Waals surface area contributed by atoms with Crippen molar-refractivity contribution in [1.29, 1.82) is 0 Å². The summed E-state index contributed by atoms with van der Waals surface area (Å²) >= 11 is 1.51. The Labute approximate surface area is 151 Å². The van der Waals surface area contributed by atoms with Gasteiger partial charge >= 0.3 is 0 Å². The van der Waals surface area contributed by atoms with Gasteiger partial charge in [0.2, 0.25) is 5.91 Å². The molecule has 1 aliphatic heterocycles. The van der Waals surface area contributed by atoms with Gasteiger partial charge in [0.15, 0.2) is 0 Å². The van der Waals surface area contributed by atoms with Crippen LogP contribution in [0.2, 0.25) is 0 Å². The molecule has 3 N–H and O–H groups in total. The predicted molar refractivity (Wildman–Crippen MR) is 99.5 cm³/mol. The Hall–Kier alpha value is -2.18. The van der Waals surface area contributed by atoms with Crippen LogP contribution in [-0.2, 0) is 11.2 Å². The molecule has 2 amide bonds. The molecule has 1 atom stereocenters. The molecular weight excluding hydrogens is 334 g/mol. The highest BCUT2D eigenvalue weighted by molar-refractivity contribution is 7.08. The van der Waals surface area contributed by atoms with E-state index in [1.165, 1.54) is 11.3 Å². The van der Waals surface area contributed by atoms with Crippen molar-refractivity contribution in [3.8, 4) is 0 Å². The van der Waals surface area contributed by atoms with Crippen LogP contribution in [0, 0.1) is 0 Å². The minimum absolute atomic E-state index is 0.00790. The highest BCUT2D eigenvalue weighted by Crippen LogP contribution is 2.14. The van der Waals surface area contributed by atoms with Crippen molar-refractivity contribution < 1.29 is 9.59 Å². The Bertz CT molecular complexity index is 695. The van der Waals surface area contributed by atoms with Crippen molar-refractivity contribution in [2.24, 2.45) is 5.73 Å². The van der Waals surface area contributed by atoms with Gasteiger partial charge in [0, 0.05) is 30.1 Å². The number of hydrogen-bond acceptors (Lipinski definition) is 4. The second-order valence-electron chi connectivity index (χ2n) is 6.38. The number of thiophene rings is 1. The van der Waals surface area contributed by atoms with Gasteiger partial charge in [0.05, 0.1) is 6.04 Å². The summed E-state index contributed by atoms with van der Waals surface area (Å²) < 4.78 is 0. The fourth-order valence-electron chi connectivity index (χ4n) is 3.10. The van der Waals surface area contributed by atoms with E-state index in [4.69, 9.17) is 5.73 Å². The smallest absolute Gasteiger partial charge is 0.252 e. The first-order chi connectivity index (χ1) is 12.1. The molecule has 1 aliphatic rings. The number of nitrogens with one attached hydrogen (secondary N) is 1. The van der Waals surface area contributed by atoms with Gasteiger partial charge in [-0.25, -0.2) is 0 Å². The molecule has 1 aromatic heterocycles. The van der Waals surface area contributed by atoms with Crippen LogP contribution in [0.4, 0.5) is 0 Å². The van der Waals surface area contributed by atoms with Crippen molar-refractivity contribution in [3.05, 3.63) is 58.3 Å². The third-order valence-electron chi connectivity index (χ3n) is 4.54. The van der Waals surface area contributed by atoms with E-state index < -0.39 is 6.04 Å². The number of nitrogens with zero attached hydrogens (tertiary/aromatic N) is 1. The standard InChI is InChI=1S/C19H23N3O2S/c20-17(12-14-4-2-1-3-5-14)19(24)22-9-6-16(7-10-22)21-18(23)15-8-11-25-13-15/h1-5,8,11,13,16-17H,6-7,9-10,12,20H2,(H,21,23)/t17-/m0/s1. The minimum atomic E-state index is -0.514. The minimum Gasteiger partial charge on any atom is -0.349 e. The van der Waals surface area contributed by atoms with Gasteiger partial charge in [0.1, 0.15) is 0 Å². The Morgan fingerprint density at radius 1 is 1.20 bits per heavy atom. The average Bonchev–Trinajstić information content (AvgIpc) is 3.17. The number of carbonyl (C=O) groups excluding carboxylic acids is 2. The maximum atomic E-state index is 12.5. The van der Waals surface area contributed by atoms with Crippen molar-refractivity contribution in [1.82, 2.24) is 10.2 Å². The van der Waals surface area contributed by atoms with Gasteiger partial charge in [-0.15, -0.1) is 0 Å². The molecule has 0 spiro atoms. The zero-order valence-electron chi connectivity index (χ0n) is 14.1. The first-order valence-electron chi connectivity index (χ1n) is 8.55. The quantitative estimate of drug-likeness (QED) is 0.860. The number of carbonyl (C=O) groups is 2. The molecule has 25 heavy (non-hydrogen) atoms. The SMILES string of the molecule is N[C@@H](Cc1ccccc1)C(=O)N1CCC(NC(=O)c2ccsc2)CC1. The van der Waals surface area contributed by atoms with Crippen molar-refractivity contribution in [2.45, 2.75) is 31.3 Å². The Morgan fingerprint density at radius 2 is 1.92 bits per heavy atom. The van der Waals surface area contributed by atoms with Gasteiger partial charge < -0.3 is 16.0 Å². The van der Waals surface area contributed by atoms with E-state index in [9.17, 15) is 9.59 Å². The maximum Gasteiger partial charge on any atom is 0.252 e. The number of nitrogens with two attached hydrogens (primary N) is 1. The summed E-state index contributed by atoms with van der Waals surface area (Å²) in [5.41, 5.74) is 7.87. The summed E-state index contributed by atoms with van der Waals surface area (Å²) in [4.78, 5) is 26.4. The summed E-state index contributed by atoms with van der Waals surface area (Å²) in [5, 5.41) is 6.79. The largest absolute Gasteiger partial charge is 0.349 e. The van der Waals surface area contributed by atoms with Crippen molar-refractivity contribution >= 4 is 23.2 Å². The van der Waals surface area contributed by atoms with Gasteiger partial charge in [-0.1, -0.05) is 30.3 Å². The molecular formula is C19H23N3O2S. The van der Waals surface area contributed by atoms with Gasteiger partial charge in [-0.3, -0.25) is 9.59 Å². The molecule has 1 fully saturated rings. The van der Waals surface area contributed by atoms with Gasteiger partial charge in [0.25, 0.3) is 5.91 Å². The predicted octanol–water partition coefficient (Wildman–Crippen LogP) is 2.04. The molecule has 0 radical (unpaired) electrons. The molecule has 132 valence electrons. The van der Waals surface area contributed by atoms with Gasteiger partial charge in [-0.2, -0.15) is 11.3 Å². The summed E-state index contributed by atoms with van der Waals surface area (Å²) in [6.07, 6.45) is 2.08. The van der Waals surface area contributed by atoms with E-state index in [0.29, 0.717) is 25.1 Å². The molecule has 5 nitrogen and oxygen atoms in total. The van der Waals surface area contributed by atoms with Crippen LogP contribution < -0.4 is 11.1 Å². The molecule has 6 heteroatoms. The molecule has 0 bridgehead atoms. The highest BCUT2D eigenvalue weighted by atomic mass is 32.1. The second kappa shape index (κ2) is 8.27. The summed E-state index contributed by atoms with van der Waals surface area (Å²) in [5.74, 6) is -0.0433. The van der Waals surface area contributed by atoms with Crippen LogP contribution in [0.25, 0.3) is 0 Å². The normalized spacial score (nSPS) is 16.4. The fraction of sp³-hybridized carbons (Fsp3) is 0.368. The Balaban J connectivity index is 1.46. The van der Waals surface area contributed by atoms with E-state index >= 15 is 0 Å². The number of rotatable bonds is 5. The first kappa shape index (κ1) is 17.6. The van der Waals surface area contributed by atoms with E-state index in [-0.39, 0.29) is 17.9 Å². The van der Waals surface area contributed by atoms with Crippen molar-refractivity contribution in [3.63, 3.8) is 0 Å². The molecule has 2 aromatic rings. The zero-order valence-corrected chi connectivity index (χ0v) is 14.9. The topological polar surface area (TPSA) is 75.4 Å². The van der Waals surface area contributed by atoms with Crippen LogP contribution in [0.15, 0.2) is 47.2 Å². The van der Waals surface area contributed by atoms with E-state index in [0.717, 1.165) is 18.4 Å². The molecule has 0 saturated carbocycles.